The molecule has 0 atom stereocenters. The monoisotopic (exact) mass is 230 g/mol. The lowest BCUT2D eigenvalue weighted by Crippen LogP contribution is -2.02. The molecule has 0 rings (SSSR count). The van der Waals surface area contributed by atoms with Gasteiger partial charge in [-0.25, -0.2) is 4.79 Å². The number of carboxylic acid groups (broad SMARTS) is 2. The molecule has 0 fully saturated rings. The lowest BCUT2D eigenvalue weighted by molar-refractivity contribution is -0.138. The van der Waals surface area contributed by atoms with Gasteiger partial charge in [0.05, 0.1) is 6.42 Å². The molecule has 7 nitrogen and oxygen atoms in total. The van der Waals surface area contributed by atoms with E-state index in [1.165, 1.54) is 0 Å². The third kappa shape index (κ3) is 6.19. The van der Waals surface area contributed by atoms with Crippen LogP contribution in [0.25, 0.3) is 0 Å². The summed E-state index contributed by atoms with van der Waals surface area (Å²) in [5.74, 6) is -5.38. The first-order chi connectivity index (χ1) is 7.32. The average Bonchev–Trinajstić information content (AvgIpc) is 2.14. The van der Waals surface area contributed by atoms with Crippen LogP contribution in [0.1, 0.15) is 12.8 Å². The van der Waals surface area contributed by atoms with Crippen LogP contribution in [0.3, 0.4) is 0 Å². The minimum absolute atomic E-state index is 0.318. The lowest BCUT2D eigenvalue weighted by Gasteiger charge is -1.94. The van der Waals surface area contributed by atoms with Crippen LogP contribution in [0.15, 0.2) is 23.7 Å². The van der Waals surface area contributed by atoms with Crippen molar-refractivity contribution in [3.05, 3.63) is 23.7 Å². The van der Waals surface area contributed by atoms with Gasteiger partial charge in [-0.2, -0.15) is 0 Å². The molecular weight excluding hydrogens is 220 g/mol. The van der Waals surface area contributed by atoms with Crippen LogP contribution in [0.5, 0.6) is 0 Å². The van der Waals surface area contributed by atoms with E-state index in [9.17, 15) is 14.4 Å². The second-order valence-corrected chi connectivity index (χ2v) is 2.76. The number of rotatable bonds is 6. The number of carboxylic acids is 2. The standard InChI is InChI=1S/C9H10O7/c10-5(1-2-8(13)14)3-6(11)4-7(12)9(15)16/h3-4,11-12H,1-2H2,(H,13,14)(H,15,16)/b6-3+,7-4+. The van der Waals surface area contributed by atoms with Gasteiger partial charge >= 0.3 is 11.9 Å². The van der Waals surface area contributed by atoms with Gasteiger partial charge in [0.15, 0.2) is 5.78 Å². The van der Waals surface area contributed by atoms with Crippen molar-refractivity contribution in [1.82, 2.24) is 0 Å². The van der Waals surface area contributed by atoms with Crippen LogP contribution < -0.4 is 0 Å². The number of aliphatic hydroxyl groups excluding tert-OH is 2. The molecule has 0 saturated carbocycles. The summed E-state index contributed by atoms with van der Waals surface area (Å²) in [4.78, 5) is 31.2. The zero-order valence-corrected chi connectivity index (χ0v) is 8.08. The fourth-order valence-corrected chi connectivity index (χ4v) is 0.711. The molecule has 0 bridgehead atoms. The summed E-state index contributed by atoms with van der Waals surface area (Å²) in [5.41, 5.74) is 0. The first-order valence-corrected chi connectivity index (χ1v) is 4.12. The number of ketones is 1. The molecule has 0 aromatic heterocycles. The van der Waals surface area contributed by atoms with Gasteiger partial charge in [-0.1, -0.05) is 0 Å². The van der Waals surface area contributed by atoms with Crippen LogP contribution in [-0.4, -0.2) is 38.1 Å². The highest BCUT2D eigenvalue weighted by atomic mass is 16.4. The zero-order valence-electron chi connectivity index (χ0n) is 8.08. The third-order valence-electron chi connectivity index (χ3n) is 1.40. The van der Waals surface area contributed by atoms with E-state index >= 15 is 0 Å². The van der Waals surface area contributed by atoms with E-state index in [0.29, 0.717) is 12.2 Å². The van der Waals surface area contributed by atoms with Crippen molar-refractivity contribution in [2.24, 2.45) is 0 Å². The maximum Gasteiger partial charge on any atom is 0.371 e. The number of allylic oxidation sites excluding steroid dienone is 2. The van der Waals surface area contributed by atoms with E-state index in [2.05, 4.69) is 0 Å². The van der Waals surface area contributed by atoms with Gasteiger partial charge in [0.25, 0.3) is 0 Å². The lowest BCUT2D eigenvalue weighted by atomic mass is 10.2. The van der Waals surface area contributed by atoms with E-state index in [4.69, 9.17) is 20.4 Å². The van der Waals surface area contributed by atoms with Gasteiger partial charge in [-0.3, -0.25) is 9.59 Å². The molecule has 0 aliphatic rings. The Morgan fingerprint density at radius 1 is 0.875 bits per heavy atom. The number of aliphatic hydroxyl groups is 2. The molecule has 0 aromatic carbocycles. The number of aliphatic carboxylic acids is 2. The molecule has 0 heterocycles. The van der Waals surface area contributed by atoms with Gasteiger partial charge < -0.3 is 20.4 Å². The summed E-state index contributed by atoms with van der Waals surface area (Å²) in [6, 6.07) is 0. The van der Waals surface area contributed by atoms with Crippen molar-refractivity contribution < 1.29 is 34.8 Å². The minimum atomic E-state index is -1.65. The second kappa shape index (κ2) is 6.23. The Balaban J connectivity index is 4.43. The first-order valence-electron chi connectivity index (χ1n) is 4.12. The Hall–Kier alpha value is -2.31. The largest absolute Gasteiger partial charge is 0.508 e. The van der Waals surface area contributed by atoms with E-state index < -0.39 is 35.7 Å². The Kier molecular flexibility index (Phi) is 5.33. The molecule has 0 spiro atoms. The van der Waals surface area contributed by atoms with Crippen LogP contribution in [0, 0.1) is 0 Å². The maximum absolute atomic E-state index is 11.0. The van der Waals surface area contributed by atoms with Gasteiger partial charge in [0.1, 0.15) is 5.76 Å². The number of hydrogen-bond acceptors (Lipinski definition) is 5. The molecule has 0 aromatic rings. The smallest absolute Gasteiger partial charge is 0.371 e. The van der Waals surface area contributed by atoms with Crippen molar-refractivity contribution in [3.8, 4) is 0 Å². The predicted octanol–water partition coefficient (Wildman–Crippen LogP) is 0.389. The summed E-state index contributed by atoms with van der Waals surface area (Å²) >= 11 is 0. The molecule has 0 aliphatic carbocycles. The molecule has 0 radical (unpaired) electrons. The summed E-state index contributed by atoms with van der Waals surface area (Å²) in [6.45, 7) is 0. The van der Waals surface area contributed by atoms with E-state index in [-0.39, 0.29) is 6.42 Å². The number of carbonyl (C=O) groups is 3. The normalized spacial score (nSPS) is 12.2. The molecular formula is C9H10O7. The fraction of sp³-hybridized carbons (Fsp3) is 0.222. The van der Waals surface area contributed by atoms with Gasteiger partial charge in [0, 0.05) is 18.6 Å². The summed E-state index contributed by atoms with van der Waals surface area (Å²) in [6.07, 6.45) is 0.404. The third-order valence-corrected chi connectivity index (χ3v) is 1.40. The Labute approximate surface area is 89.9 Å². The Bertz CT molecular complexity index is 364. The second-order valence-electron chi connectivity index (χ2n) is 2.76. The SMILES string of the molecule is O=C(O)CCC(=O)/C=C(O)\C=C(\O)C(=O)O. The van der Waals surface area contributed by atoms with Crippen molar-refractivity contribution in [2.45, 2.75) is 12.8 Å². The number of carbonyl (C=O) groups excluding carboxylic acids is 1. The highest BCUT2D eigenvalue weighted by Crippen LogP contribution is 2.00. The van der Waals surface area contributed by atoms with E-state index in [0.717, 1.165) is 0 Å². The molecule has 0 amide bonds. The maximum atomic E-state index is 11.0. The molecule has 88 valence electrons. The molecule has 0 aliphatic heterocycles. The van der Waals surface area contributed by atoms with Gasteiger partial charge in [-0.15, -0.1) is 0 Å². The van der Waals surface area contributed by atoms with Crippen molar-refractivity contribution in [1.29, 1.82) is 0 Å². The number of hydrogen-bond donors (Lipinski definition) is 4. The first kappa shape index (κ1) is 13.7. The van der Waals surface area contributed by atoms with Crippen LogP contribution in [0.4, 0.5) is 0 Å². The molecule has 16 heavy (non-hydrogen) atoms. The predicted molar refractivity (Wildman–Crippen MR) is 50.9 cm³/mol. The molecule has 4 N–H and O–H groups in total. The molecule has 0 saturated heterocycles. The van der Waals surface area contributed by atoms with Crippen LogP contribution >= 0.6 is 0 Å². The minimum Gasteiger partial charge on any atom is -0.508 e. The summed E-state index contributed by atoms with van der Waals surface area (Å²) in [5, 5.41) is 34.2. The van der Waals surface area contributed by atoms with Crippen molar-refractivity contribution >= 4 is 17.7 Å². The Morgan fingerprint density at radius 3 is 1.88 bits per heavy atom. The van der Waals surface area contributed by atoms with E-state index in [1.54, 1.807) is 0 Å². The highest BCUT2D eigenvalue weighted by molar-refractivity contribution is 5.92. The van der Waals surface area contributed by atoms with Crippen LogP contribution in [-0.2, 0) is 14.4 Å². The summed E-state index contributed by atoms with van der Waals surface area (Å²) in [7, 11) is 0. The summed E-state index contributed by atoms with van der Waals surface area (Å²) < 4.78 is 0. The topological polar surface area (TPSA) is 132 Å². The Morgan fingerprint density at radius 2 is 1.44 bits per heavy atom. The molecule has 0 unspecified atom stereocenters. The average molecular weight is 230 g/mol. The fourth-order valence-electron chi connectivity index (χ4n) is 0.711. The van der Waals surface area contributed by atoms with E-state index in [1.807, 2.05) is 0 Å². The van der Waals surface area contributed by atoms with Crippen molar-refractivity contribution in [3.63, 3.8) is 0 Å². The van der Waals surface area contributed by atoms with Gasteiger partial charge in [0.2, 0.25) is 5.76 Å². The quantitative estimate of drug-likeness (QED) is 0.294. The zero-order chi connectivity index (χ0) is 12.7. The van der Waals surface area contributed by atoms with Crippen molar-refractivity contribution in [2.75, 3.05) is 0 Å². The van der Waals surface area contributed by atoms with Crippen LogP contribution in [0.2, 0.25) is 0 Å². The molecule has 7 heteroatoms. The highest BCUT2D eigenvalue weighted by Gasteiger charge is 2.07. The van der Waals surface area contributed by atoms with Gasteiger partial charge in [-0.05, 0) is 0 Å².